The molecule has 15 heavy (non-hydrogen) atoms. The Morgan fingerprint density at radius 3 is 3.07 bits per heavy atom. The van der Waals surface area contributed by atoms with Crippen molar-refractivity contribution < 1.29 is 4.79 Å². The molecule has 3 rings (SSSR count). The van der Waals surface area contributed by atoms with E-state index in [0.29, 0.717) is 5.57 Å². The van der Waals surface area contributed by atoms with Gasteiger partial charge >= 0.3 is 0 Å². The fraction of sp³-hybridized carbons (Fsp3) is 0.0909. The number of carbonyl (C=O) groups is 1. The fourth-order valence-electron chi connectivity index (χ4n) is 1.79. The van der Waals surface area contributed by atoms with Gasteiger partial charge in [0.2, 0.25) is 0 Å². The zero-order chi connectivity index (χ0) is 10.3. The maximum atomic E-state index is 11.5. The molecule has 0 saturated carbocycles. The Hall–Kier alpha value is -2.10. The van der Waals surface area contributed by atoms with E-state index in [2.05, 4.69) is 15.6 Å². The van der Waals surface area contributed by atoms with Crippen molar-refractivity contribution in [3.05, 3.63) is 35.4 Å². The van der Waals surface area contributed by atoms with Gasteiger partial charge in [-0.05, 0) is 17.7 Å². The lowest BCUT2D eigenvalue weighted by Crippen LogP contribution is -2.39. The first-order chi connectivity index (χ1) is 7.34. The van der Waals surface area contributed by atoms with Crippen LogP contribution in [0, 0.1) is 0 Å². The van der Waals surface area contributed by atoms with Crippen LogP contribution in [-0.4, -0.2) is 18.4 Å². The van der Waals surface area contributed by atoms with Gasteiger partial charge in [-0.3, -0.25) is 4.79 Å². The number of aliphatic imine (C=N–C) groups is 1. The monoisotopic (exact) mass is 199 g/mol. The molecule has 1 aromatic carbocycles. The molecule has 0 aliphatic carbocycles. The number of para-hydroxylation sites is 1. The SMILES string of the molecule is O=C1NC=NC2Nc3ccccc3C=C12. The minimum Gasteiger partial charge on any atom is -0.359 e. The smallest absolute Gasteiger partial charge is 0.256 e. The minimum absolute atomic E-state index is 0.0861. The maximum Gasteiger partial charge on any atom is 0.256 e. The fourth-order valence-corrected chi connectivity index (χ4v) is 1.79. The van der Waals surface area contributed by atoms with E-state index in [1.165, 1.54) is 6.34 Å². The normalized spacial score (nSPS) is 22.0. The summed E-state index contributed by atoms with van der Waals surface area (Å²) < 4.78 is 0. The predicted octanol–water partition coefficient (Wildman–Crippen LogP) is 0.980. The van der Waals surface area contributed by atoms with Crippen LogP contribution in [0.2, 0.25) is 0 Å². The Morgan fingerprint density at radius 1 is 1.27 bits per heavy atom. The highest BCUT2D eigenvalue weighted by Crippen LogP contribution is 2.27. The standard InChI is InChI=1S/C11H9N3O/c15-11-8-5-7-3-1-2-4-9(7)14-10(8)12-6-13-11/h1-6,10,14H,(H,12,13,15). The van der Waals surface area contributed by atoms with Gasteiger partial charge in [0, 0.05) is 5.69 Å². The summed E-state index contributed by atoms with van der Waals surface area (Å²) in [6.45, 7) is 0. The van der Waals surface area contributed by atoms with Crippen molar-refractivity contribution in [2.24, 2.45) is 4.99 Å². The van der Waals surface area contributed by atoms with Gasteiger partial charge in [-0.15, -0.1) is 0 Å². The van der Waals surface area contributed by atoms with E-state index in [1.54, 1.807) is 0 Å². The van der Waals surface area contributed by atoms with Crippen LogP contribution >= 0.6 is 0 Å². The number of hydrogen-bond donors (Lipinski definition) is 2. The van der Waals surface area contributed by atoms with Crippen molar-refractivity contribution >= 4 is 24.0 Å². The zero-order valence-electron chi connectivity index (χ0n) is 7.90. The molecule has 0 saturated heterocycles. The Labute approximate surface area is 86.7 Å². The summed E-state index contributed by atoms with van der Waals surface area (Å²) in [5.74, 6) is -0.0861. The molecule has 1 aromatic rings. The highest BCUT2D eigenvalue weighted by Gasteiger charge is 2.26. The van der Waals surface area contributed by atoms with Crippen molar-refractivity contribution in [1.82, 2.24) is 5.32 Å². The molecule has 2 aliphatic heterocycles. The first-order valence-electron chi connectivity index (χ1n) is 4.74. The van der Waals surface area contributed by atoms with Crippen LogP contribution in [0.5, 0.6) is 0 Å². The van der Waals surface area contributed by atoms with Crippen LogP contribution in [0.25, 0.3) is 6.08 Å². The van der Waals surface area contributed by atoms with Crippen LogP contribution in [0.15, 0.2) is 34.8 Å². The molecule has 0 bridgehead atoms. The average molecular weight is 199 g/mol. The van der Waals surface area contributed by atoms with Crippen molar-refractivity contribution in [1.29, 1.82) is 0 Å². The molecule has 2 heterocycles. The summed E-state index contributed by atoms with van der Waals surface area (Å²) in [6, 6.07) is 7.85. The van der Waals surface area contributed by atoms with Crippen molar-refractivity contribution in [3.8, 4) is 0 Å². The van der Waals surface area contributed by atoms with Gasteiger partial charge in [-0.2, -0.15) is 0 Å². The summed E-state index contributed by atoms with van der Waals surface area (Å²) >= 11 is 0. The molecular weight excluding hydrogens is 190 g/mol. The largest absolute Gasteiger partial charge is 0.359 e. The molecule has 74 valence electrons. The third-order valence-electron chi connectivity index (χ3n) is 2.54. The molecule has 0 fully saturated rings. The predicted molar refractivity (Wildman–Crippen MR) is 58.5 cm³/mol. The van der Waals surface area contributed by atoms with Crippen LogP contribution in [-0.2, 0) is 4.79 Å². The van der Waals surface area contributed by atoms with E-state index in [-0.39, 0.29) is 12.1 Å². The molecule has 0 radical (unpaired) electrons. The van der Waals surface area contributed by atoms with E-state index >= 15 is 0 Å². The number of anilines is 1. The van der Waals surface area contributed by atoms with E-state index < -0.39 is 0 Å². The quantitative estimate of drug-likeness (QED) is 0.654. The van der Waals surface area contributed by atoms with E-state index in [1.807, 2.05) is 30.3 Å². The van der Waals surface area contributed by atoms with Gasteiger partial charge in [0.25, 0.3) is 5.91 Å². The number of fused-ring (bicyclic) bond motifs is 2. The van der Waals surface area contributed by atoms with Crippen molar-refractivity contribution in [3.63, 3.8) is 0 Å². The lowest BCUT2D eigenvalue weighted by molar-refractivity contribution is -0.116. The summed E-state index contributed by atoms with van der Waals surface area (Å²) in [6.07, 6.45) is 3.07. The molecule has 0 spiro atoms. The van der Waals surface area contributed by atoms with Gasteiger partial charge < -0.3 is 10.6 Å². The average Bonchev–Trinajstić information content (AvgIpc) is 2.27. The molecular formula is C11H9N3O. The first-order valence-corrected chi connectivity index (χ1v) is 4.74. The lowest BCUT2D eigenvalue weighted by atomic mass is 10.0. The molecule has 1 atom stereocenters. The molecule has 4 heteroatoms. The second-order valence-electron chi connectivity index (χ2n) is 3.49. The number of hydrogen-bond acceptors (Lipinski definition) is 3. The van der Waals surface area contributed by atoms with Crippen LogP contribution in [0.3, 0.4) is 0 Å². The Balaban J connectivity index is 2.14. The Kier molecular flexibility index (Phi) is 1.62. The van der Waals surface area contributed by atoms with Gasteiger partial charge in [-0.25, -0.2) is 4.99 Å². The summed E-state index contributed by atoms with van der Waals surface area (Å²) in [7, 11) is 0. The van der Waals surface area contributed by atoms with Crippen LogP contribution in [0.1, 0.15) is 5.56 Å². The third-order valence-corrected chi connectivity index (χ3v) is 2.54. The third kappa shape index (κ3) is 1.22. The van der Waals surface area contributed by atoms with Gasteiger partial charge in [0.15, 0.2) is 6.17 Å². The van der Waals surface area contributed by atoms with Crippen LogP contribution in [0.4, 0.5) is 5.69 Å². The van der Waals surface area contributed by atoms with E-state index in [0.717, 1.165) is 11.3 Å². The van der Waals surface area contributed by atoms with Gasteiger partial charge in [-0.1, -0.05) is 18.2 Å². The number of benzene rings is 1. The van der Waals surface area contributed by atoms with Crippen molar-refractivity contribution in [2.75, 3.05) is 5.32 Å². The number of rotatable bonds is 0. The van der Waals surface area contributed by atoms with Gasteiger partial charge in [0.05, 0.1) is 11.9 Å². The molecule has 4 nitrogen and oxygen atoms in total. The first kappa shape index (κ1) is 8.23. The molecule has 1 amide bonds. The highest BCUT2D eigenvalue weighted by molar-refractivity contribution is 6.08. The molecule has 1 unspecified atom stereocenters. The maximum absolute atomic E-state index is 11.5. The summed E-state index contributed by atoms with van der Waals surface area (Å²) in [4.78, 5) is 15.7. The second kappa shape index (κ2) is 2.95. The number of nitrogens with zero attached hydrogens (tertiary/aromatic N) is 1. The molecule has 2 N–H and O–H groups in total. The molecule has 2 aliphatic rings. The Bertz CT molecular complexity index is 490. The van der Waals surface area contributed by atoms with Crippen LogP contribution < -0.4 is 10.6 Å². The number of nitrogens with one attached hydrogen (secondary N) is 2. The number of carbonyl (C=O) groups excluding carboxylic acids is 1. The minimum atomic E-state index is -0.242. The van der Waals surface area contributed by atoms with Gasteiger partial charge in [0.1, 0.15) is 0 Å². The van der Waals surface area contributed by atoms with E-state index in [4.69, 9.17) is 0 Å². The van der Waals surface area contributed by atoms with Crippen molar-refractivity contribution in [2.45, 2.75) is 6.17 Å². The lowest BCUT2D eigenvalue weighted by Gasteiger charge is -2.26. The summed E-state index contributed by atoms with van der Waals surface area (Å²) in [5, 5.41) is 5.78. The summed E-state index contributed by atoms with van der Waals surface area (Å²) in [5.41, 5.74) is 2.70. The number of amides is 1. The highest BCUT2D eigenvalue weighted by atomic mass is 16.1. The molecule has 0 aromatic heterocycles. The Morgan fingerprint density at radius 2 is 2.13 bits per heavy atom. The second-order valence-corrected chi connectivity index (χ2v) is 3.49. The van der Waals surface area contributed by atoms with E-state index in [9.17, 15) is 4.79 Å². The zero-order valence-corrected chi connectivity index (χ0v) is 7.90. The topological polar surface area (TPSA) is 53.5 Å².